The van der Waals surface area contributed by atoms with E-state index in [0.29, 0.717) is 0 Å². The first-order valence-corrected chi connectivity index (χ1v) is 4.65. The molecule has 1 aromatic rings. The largest absolute Gasteiger partial charge is 0.323 e. The summed E-state index contributed by atoms with van der Waals surface area (Å²) in [5.74, 6) is 0. The summed E-state index contributed by atoms with van der Waals surface area (Å²) in [6.45, 7) is 6.57. The summed E-state index contributed by atoms with van der Waals surface area (Å²) < 4.78 is 0. The van der Waals surface area contributed by atoms with Gasteiger partial charge in [-0.3, -0.25) is 4.98 Å². The van der Waals surface area contributed by atoms with E-state index in [9.17, 15) is 0 Å². The molecule has 0 spiro atoms. The molecule has 0 bridgehead atoms. The van der Waals surface area contributed by atoms with Crippen LogP contribution >= 0.6 is 0 Å². The number of hydrogen-bond acceptors (Lipinski definition) is 2. The van der Waals surface area contributed by atoms with E-state index in [0.717, 1.165) is 12.1 Å². The van der Waals surface area contributed by atoms with E-state index in [1.165, 1.54) is 0 Å². The molecule has 0 radical (unpaired) electrons. The van der Waals surface area contributed by atoms with Crippen LogP contribution in [-0.4, -0.2) is 4.98 Å². The molecular formula is C11H18N2. The summed E-state index contributed by atoms with van der Waals surface area (Å²) >= 11 is 0. The molecule has 1 rings (SSSR count). The molecule has 1 aromatic heterocycles. The number of aromatic nitrogens is 1. The van der Waals surface area contributed by atoms with Gasteiger partial charge in [-0.15, -0.1) is 0 Å². The van der Waals surface area contributed by atoms with Crippen LogP contribution in [0.4, 0.5) is 0 Å². The highest BCUT2D eigenvalue weighted by Crippen LogP contribution is 2.26. The van der Waals surface area contributed by atoms with Gasteiger partial charge in [-0.25, -0.2) is 0 Å². The minimum absolute atomic E-state index is 0.0567. The summed E-state index contributed by atoms with van der Waals surface area (Å²) in [5, 5.41) is 0. The maximum Gasteiger partial charge on any atom is 0.0571 e. The first-order chi connectivity index (χ1) is 5.99. The lowest BCUT2D eigenvalue weighted by atomic mass is 9.87. The third-order valence-electron chi connectivity index (χ3n) is 1.90. The Kier molecular flexibility index (Phi) is 3.04. The maximum atomic E-state index is 6.02. The van der Waals surface area contributed by atoms with Crippen molar-refractivity contribution in [2.75, 3.05) is 0 Å². The van der Waals surface area contributed by atoms with Gasteiger partial charge in [0.1, 0.15) is 0 Å². The van der Waals surface area contributed by atoms with E-state index in [1.807, 2.05) is 18.2 Å². The molecule has 13 heavy (non-hydrogen) atoms. The Morgan fingerprint density at radius 3 is 2.54 bits per heavy atom. The third kappa shape index (κ3) is 3.55. The lowest BCUT2D eigenvalue weighted by molar-refractivity contribution is 0.340. The monoisotopic (exact) mass is 178 g/mol. The molecule has 2 nitrogen and oxygen atoms in total. The van der Waals surface area contributed by atoms with Crippen LogP contribution in [0.25, 0.3) is 0 Å². The Hall–Kier alpha value is -0.890. The number of rotatable bonds is 2. The lowest BCUT2D eigenvalue weighted by Crippen LogP contribution is -2.19. The molecule has 0 fully saturated rings. The van der Waals surface area contributed by atoms with Gasteiger partial charge in [0.15, 0.2) is 0 Å². The van der Waals surface area contributed by atoms with Gasteiger partial charge in [0.05, 0.1) is 5.69 Å². The topological polar surface area (TPSA) is 38.9 Å². The summed E-state index contributed by atoms with van der Waals surface area (Å²) in [5.41, 5.74) is 7.26. The molecule has 0 aromatic carbocycles. The number of nitrogens with zero attached hydrogens (tertiary/aromatic N) is 1. The Morgan fingerprint density at radius 1 is 1.38 bits per heavy atom. The van der Waals surface area contributed by atoms with Crippen LogP contribution in [0, 0.1) is 5.41 Å². The molecular weight excluding hydrogens is 160 g/mol. The van der Waals surface area contributed by atoms with Gasteiger partial charge in [0.25, 0.3) is 0 Å². The zero-order chi connectivity index (χ0) is 9.90. The maximum absolute atomic E-state index is 6.02. The molecule has 1 heterocycles. The molecule has 72 valence electrons. The molecule has 0 aliphatic carbocycles. The van der Waals surface area contributed by atoms with Crippen molar-refractivity contribution < 1.29 is 0 Å². The molecule has 0 saturated heterocycles. The van der Waals surface area contributed by atoms with Gasteiger partial charge < -0.3 is 5.73 Å². The average molecular weight is 178 g/mol. The van der Waals surface area contributed by atoms with Crippen LogP contribution < -0.4 is 5.73 Å². The van der Waals surface area contributed by atoms with Crippen LogP contribution in [0.5, 0.6) is 0 Å². The first kappa shape index (κ1) is 10.2. The quantitative estimate of drug-likeness (QED) is 0.755. The zero-order valence-corrected chi connectivity index (χ0v) is 8.62. The highest BCUT2D eigenvalue weighted by molar-refractivity contribution is 5.08. The SMILES string of the molecule is CC(C)(C)C[C@H](N)c1ccccn1. The lowest BCUT2D eigenvalue weighted by Gasteiger charge is -2.22. The second-order valence-electron chi connectivity index (χ2n) is 4.63. The van der Waals surface area contributed by atoms with Gasteiger partial charge in [-0.2, -0.15) is 0 Å². The Balaban J connectivity index is 2.64. The number of nitrogens with two attached hydrogens (primary N) is 1. The molecule has 0 aliphatic heterocycles. The fourth-order valence-corrected chi connectivity index (χ4v) is 1.36. The smallest absolute Gasteiger partial charge is 0.0571 e. The number of pyridine rings is 1. The van der Waals surface area contributed by atoms with Gasteiger partial charge >= 0.3 is 0 Å². The van der Waals surface area contributed by atoms with Crippen molar-refractivity contribution >= 4 is 0 Å². The predicted octanol–water partition coefficient (Wildman–Crippen LogP) is 2.52. The Labute approximate surface area is 80.2 Å². The Bertz CT molecular complexity index is 249. The highest BCUT2D eigenvalue weighted by Gasteiger charge is 2.17. The van der Waals surface area contributed by atoms with E-state index >= 15 is 0 Å². The van der Waals surface area contributed by atoms with E-state index in [-0.39, 0.29) is 11.5 Å². The summed E-state index contributed by atoms with van der Waals surface area (Å²) in [6, 6.07) is 5.93. The van der Waals surface area contributed by atoms with Gasteiger partial charge in [0, 0.05) is 12.2 Å². The summed E-state index contributed by atoms with van der Waals surface area (Å²) in [7, 11) is 0. The average Bonchev–Trinajstić information content (AvgIpc) is 2.03. The minimum Gasteiger partial charge on any atom is -0.323 e. The van der Waals surface area contributed by atoms with Gasteiger partial charge in [-0.1, -0.05) is 26.8 Å². The van der Waals surface area contributed by atoms with Crippen molar-refractivity contribution in [2.45, 2.75) is 33.2 Å². The van der Waals surface area contributed by atoms with Gasteiger partial charge in [0.2, 0.25) is 0 Å². The van der Waals surface area contributed by atoms with Crippen LogP contribution in [0.15, 0.2) is 24.4 Å². The standard InChI is InChI=1S/C11H18N2/c1-11(2,3)8-9(12)10-6-4-5-7-13-10/h4-7,9H,8,12H2,1-3H3/t9-/m0/s1. The molecule has 0 saturated carbocycles. The summed E-state index contributed by atoms with van der Waals surface area (Å²) in [4.78, 5) is 4.24. The fraction of sp³-hybridized carbons (Fsp3) is 0.545. The Morgan fingerprint density at radius 2 is 2.08 bits per heavy atom. The van der Waals surface area contributed by atoms with Crippen LogP contribution in [-0.2, 0) is 0 Å². The summed E-state index contributed by atoms with van der Waals surface area (Å²) in [6.07, 6.45) is 2.75. The minimum atomic E-state index is 0.0567. The molecule has 0 amide bonds. The van der Waals surface area contributed by atoms with Crippen molar-refractivity contribution in [2.24, 2.45) is 11.1 Å². The van der Waals surface area contributed by atoms with E-state index in [2.05, 4.69) is 25.8 Å². The van der Waals surface area contributed by atoms with Crippen molar-refractivity contribution in [1.29, 1.82) is 0 Å². The normalized spacial score (nSPS) is 14.2. The van der Waals surface area contributed by atoms with Crippen LogP contribution in [0.1, 0.15) is 38.9 Å². The molecule has 2 N–H and O–H groups in total. The molecule has 1 atom stereocenters. The van der Waals surface area contributed by atoms with E-state index in [4.69, 9.17) is 5.73 Å². The van der Waals surface area contributed by atoms with Crippen LogP contribution in [0.3, 0.4) is 0 Å². The molecule has 2 heteroatoms. The van der Waals surface area contributed by atoms with Crippen molar-refractivity contribution in [3.05, 3.63) is 30.1 Å². The van der Waals surface area contributed by atoms with E-state index in [1.54, 1.807) is 6.20 Å². The first-order valence-electron chi connectivity index (χ1n) is 4.65. The second-order valence-corrected chi connectivity index (χ2v) is 4.63. The van der Waals surface area contributed by atoms with Crippen LogP contribution in [0.2, 0.25) is 0 Å². The third-order valence-corrected chi connectivity index (χ3v) is 1.90. The predicted molar refractivity (Wildman–Crippen MR) is 55.2 cm³/mol. The van der Waals surface area contributed by atoms with Crippen molar-refractivity contribution in [1.82, 2.24) is 4.98 Å². The number of hydrogen-bond donors (Lipinski definition) is 1. The van der Waals surface area contributed by atoms with Crippen molar-refractivity contribution in [3.8, 4) is 0 Å². The molecule has 0 unspecified atom stereocenters. The zero-order valence-electron chi connectivity index (χ0n) is 8.62. The molecule has 0 aliphatic rings. The van der Waals surface area contributed by atoms with Gasteiger partial charge in [-0.05, 0) is 24.0 Å². The second kappa shape index (κ2) is 3.88. The fourth-order valence-electron chi connectivity index (χ4n) is 1.36. The van der Waals surface area contributed by atoms with Crippen molar-refractivity contribution in [3.63, 3.8) is 0 Å². The highest BCUT2D eigenvalue weighted by atomic mass is 14.8. The van der Waals surface area contributed by atoms with E-state index < -0.39 is 0 Å².